The number of hydrogen-bond acceptors (Lipinski definition) is 3. The van der Waals surface area contributed by atoms with Crippen LogP contribution in [0, 0.1) is 0 Å². The second kappa shape index (κ2) is 6.97. The number of pyridine rings is 1. The van der Waals surface area contributed by atoms with Gasteiger partial charge in [0.2, 0.25) is 0 Å². The molecule has 1 aromatic heterocycles. The third-order valence-electron chi connectivity index (χ3n) is 3.03. The average Bonchev–Trinajstić information content (AvgIpc) is 2.36. The normalized spacial score (nSPS) is 17.0. The number of rotatable bonds is 5. The van der Waals surface area contributed by atoms with Gasteiger partial charge in [0, 0.05) is 6.54 Å². The predicted octanol–water partition coefficient (Wildman–Crippen LogP) is 3.61. The zero-order chi connectivity index (χ0) is 11.9. The summed E-state index contributed by atoms with van der Waals surface area (Å²) in [6, 6.07) is 5.86. The number of aromatic nitrogens is 1. The Morgan fingerprint density at radius 3 is 2.88 bits per heavy atom. The van der Waals surface area contributed by atoms with Crippen LogP contribution in [0.15, 0.2) is 22.8 Å². The first-order valence-electron chi connectivity index (χ1n) is 6.32. The van der Waals surface area contributed by atoms with Gasteiger partial charge in [0.25, 0.3) is 0 Å². The predicted molar refractivity (Wildman–Crippen MR) is 73.3 cm³/mol. The van der Waals surface area contributed by atoms with E-state index in [2.05, 4.69) is 26.2 Å². The second-order valence-corrected chi connectivity index (χ2v) is 5.22. The standard InChI is InChI=1S/C13H19BrN2O/c14-12-7-4-8-13(16-12)15-9-10-17-11-5-2-1-3-6-11/h4,7-8,11H,1-3,5-6,9-10H2,(H,15,16). The van der Waals surface area contributed by atoms with Crippen molar-refractivity contribution >= 4 is 21.7 Å². The second-order valence-electron chi connectivity index (χ2n) is 4.40. The molecule has 0 unspecified atom stereocenters. The molecule has 0 bridgehead atoms. The van der Waals surface area contributed by atoms with Crippen LogP contribution < -0.4 is 5.32 Å². The third-order valence-corrected chi connectivity index (χ3v) is 3.47. The van der Waals surface area contributed by atoms with Crippen molar-refractivity contribution in [2.24, 2.45) is 0 Å². The van der Waals surface area contributed by atoms with Gasteiger partial charge in [0.05, 0.1) is 12.7 Å². The molecule has 1 aromatic rings. The van der Waals surface area contributed by atoms with E-state index in [-0.39, 0.29) is 0 Å². The van der Waals surface area contributed by atoms with Crippen LogP contribution in [0.5, 0.6) is 0 Å². The number of ether oxygens (including phenoxy) is 1. The Hall–Kier alpha value is -0.610. The van der Waals surface area contributed by atoms with E-state index >= 15 is 0 Å². The fourth-order valence-electron chi connectivity index (χ4n) is 2.14. The first kappa shape index (κ1) is 12.8. The smallest absolute Gasteiger partial charge is 0.127 e. The Labute approximate surface area is 111 Å². The van der Waals surface area contributed by atoms with E-state index in [1.54, 1.807) is 0 Å². The summed E-state index contributed by atoms with van der Waals surface area (Å²) in [6.07, 6.45) is 6.97. The Morgan fingerprint density at radius 2 is 2.12 bits per heavy atom. The van der Waals surface area contributed by atoms with Crippen molar-refractivity contribution in [2.45, 2.75) is 38.2 Å². The lowest BCUT2D eigenvalue weighted by Gasteiger charge is -2.22. The number of nitrogens with one attached hydrogen (secondary N) is 1. The minimum Gasteiger partial charge on any atom is -0.376 e. The molecular formula is C13H19BrN2O. The van der Waals surface area contributed by atoms with Crippen LogP contribution >= 0.6 is 15.9 Å². The van der Waals surface area contributed by atoms with Crippen molar-refractivity contribution < 1.29 is 4.74 Å². The molecule has 2 rings (SSSR count). The van der Waals surface area contributed by atoms with Gasteiger partial charge < -0.3 is 10.1 Å². The van der Waals surface area contributed by atoms with Crippen LogP contribution in [-0.2, 0) is 4.74 Å². The van der Waals surface area contributed by atoms with Gasteiger partial charge in [-0.25, -0.2) is 4.98 Å². The molecule has 1 fully saturated rings. The van der Waals surface area contributed by atoms with Crippen molar-refractivity contribution in [3.8, 4) is 0 Å². The molecule has 0 saturated heterocycles. The SMILES string of the molecule is Brc1cccc(NCCOC2CCCCC2)n1. The molecule has 1 heterocycles. The van der Waals surface area contributed by atoms with E-state index in [1.165, 1.54) is 32.1 Å². The number of hydrogen-bond donors (Lipinski definition) is 1. The van der Waals surface area contributed by atoms with Gasteiger partial charge in [-0.1, -0.05) is 25.3 Å². The molecule has 3 nitrogen and oxygen atoms in total. The number of anilines is 1. The molecule has 0 spiro atoms. The van der Waals surface area contributed by atoms with E-state index in [0.29, 0.717) is 6.10 Å². The molecule has 0 atom stereocenters. The lowest BCUT2D eigenvalue weighted by Crippen LogP contribution is -2.20. The lowest BCUT2D eigenvalue weighted by atomic mass is 9.98. The topological polar surface area (TPSA) is 34.1 Å². The summed E-state index contributed by atoms with van der Waals surface area (Å²) < 4.78 is 6.69. The highest BCUT2D eigenvalue weighted by Crippen LogP contribution is 2.20. The van der Waals surface area contributed by atoms with Crippen molar-refractivity contribution in [3.05, 3.63) is 22.8 Å². The van der Waals surface area contributed by atoms with Crippen LogP contribution in [0.3, 0.4) is 0 Å². The van der Waals surface area contributed by atoms with Gasteiger partial charge in [0.15, 0.2) is 0 Å². The summed E-state index contributed by atoms with van der Waals surface area (Å²) in [5.41, 5.74) is 0. The van der Waals surface area contributed by atoms with Gasteiger partial charge in [-0.05, 0) is 40.9 Å². The zero-order valence-corrected chi connectivity index (χ0v) is 11.6. The van der Waals surface area contributed by atoms with Gasteiger partial charge in [-0.15, -0.1) is 0 Å². The fraction of sp³-hybridized carbons (Fsp3) is 0.615. The van der Waals surface area contributed by atoms with Crippen LogP contribution in [0.25, 0.3) is 0 Å². The first-order chi connectivity index (χ1) is 8.34. The molecule has 0 aliphatic heterocycles. The van der Waals surface area contributed by atoms with Crippen LogP contribution in [0.1, 0.15) is 32.1 Å². The van der Waals surface area contributed by atoms with Crippen molar-refractivity contribution in [2.75, 3.05) is 18.5 Å². The van der Waals surface area contributed by atoms with Crippen LogP contribution in [0.4, 0.5) is 5.82 Å². The molecule has 1 aliphatic rings. The molecule has 0 amide bonds. The number of nitrogens with zero attached hydrogens (tertiary/aromatic N) is 1. The lowest BCUT2D eigenvalue weighted by molar-refractivity contribution is 0.0347. The minimum atomic E-state index is 0.487. The summed E-state index contributed by atoms with van der Waals surface area (Å²) in [4.78, 5) is 4.31. The van der Waals surface area contributed by atoms with E-state index in [4.69, 9.17) is 4.74 Å². The largest absolute Gasteiger partial charge is 0.376 e. The quantitative estimate of drug-likeness (QED) is 0.666. The van der Waals surface area contributed by atoms with Gasteiger partial charge in [-0.2, -0.15) is 0 Å². The van der Waals surface area contributed by atoms with E-state index < -0.39 is 0 Å². The monoisotopic (exact) mass is 298 g/mol. The van der Waals surface area contributed by atoms with E-state index in [9.17, 15) is 0 Å². The maximum atomic E-state index is 5.83. The maximum absolute atomic E-state index is 5.83. The van der Waals surface area contributed by atoms with Crippen molar-refractivity contribution in [1.29, 1.82) is 0 Å². The third kappa shape index (κ3) is 4.64. The highest BCUT2D eigenvalue weighted by Gasteiger charge is 2.12. The molecule has 1 saturated carbocycles. The van der Waals surface area contributed by atoms with Gasteiger partial charge >= 0.3 is 0 Å². The molecule has 4 heteroatoms. The van der Waals surface area contributed by atoms with Crippen molar-refractivity contribution in [1.82, 2.24) is 4.98 Å². The van der Waals surface area contributed by atoms with Gasteiger partial charge in [-0.3, -0.25) is 0 Å². The average molecular weight is 299 g/mol. The summed E-state index contributed by atoms with van der Waals surface area (Å²) in [7, 11) is 0. The molecule has 0 radical (unpaired) electrons. The highest BCUT2D eigenvalue weighted by molar-refractivity contribution is 9.10. The van der Waals surface area contributed by atoms with E-state index in [0.717, 1.165) is 23.6 Å². The Bertz CT molecular complexity index is 340. The summed E-state index contributed by atoms with van der Waals surface area (Å²) >= 11 is 3.35. The Kier molecular flexibility index (Phi) is 5.26. The zero-order valence-electron chi connectivity index (χ0n) is 9.99. The first-order valence-corrected chi connectivity index (χ1v) is 7.12. The van der Waals surface area contributed by atoms with E-state index in [1.807, 2.05) is 18.2 Å². The summed E-state index contributed by atoms with van der Waals surface area (Å²) in [6.45, 7) is 1.58. The fourth-order valence-corrected chi connectivity index (χ4v) is 2.49. The summed E-state index contributed by atoms with van der Waals surface area (Å²) in [5, 5.41) is 3.26. The Balaban J connectivity index is 1.62. The molecule has 1 N–H and O–H groups in total. The minimum absolute atomic E-state index is 0.487. The highest BCUT2D eigenvalue weighted by atomic mass is 79.9. The summed E-state index contributed by atoms with van der Waals surface area (Å²) in [5.74, 6) is 0.895. The molecule has 94 valence electrons. The van der Waals surface area contributed by atoms with Crippen LogP contribution in [0.2, 0.25) is 0 Å². The maximum Gasteiger partial charge on any atom is 0.127 e. The molecule has 17 heavy (non-hydrogen) atoms. The Morgan fingerprint density at radius 1 is 1.29 bits per heavy atom. The van der Waals surface area contributed by atoms with Crippen LogP contribution in [-0.4, -0.2) is 24.2 Å². The van der Waals surface area contributed by atoms with Gasteiger partial charge in [0.1, 0.15) is 10.4 Å². The molecule has 1 aliphatic carbocycles. The molecular weight excluding hydrogens is 280 g/mol. The van der Waals surface area contributed by atoms with Crippen molar-refractivity contribution in [3.63, 3.8) is 0 Å². The molecule has 0 aromatic carbocycles. The number of halogens is 1.